The fraction of sp³-hybridized carbons (Fsp3) is 0.133. The number of halogens is 1. The molecule has 0 fully saturated rings. The number of nitrogens with zero attached hydrogens (tertiary/aromatic N) is 1. The maximum atomic E-state index is 12.7. The smallest absolute Gasteiger partial charge is 0.191 e. The normalized spacial score (nSPS) is 11.9. The summed E-state index contributed by atoms with van der Waals surface area (Å²) in [6, 6.07) is 11.0. The number of hydrogen-bond donors (Lipinski definition) is 0. The van der Waals surface area contributed by atoms with Crippen LogP contribution in [0, 0.1) is 11.7 Å². The minimum Gasteiger partial charge on any atom is -0.293 e. The minimum absolute atomic E-state index is 0.0955. The second-order valence-corrected chi connectivity index (χ2v) is 4.18. The van der Waals surface area contributed by atoms with Gasteiger partial charge < -0.3 is 0 Å². The van der Waals surface area contributed by atoms with Gasteiger partial charge in [-0.15, -0.1) is 0 Å². The van der Waals surface area contributed by atoms with Crippen molar-refractivity contribution in [3.05, 3.63) is 65.7 Å². The van der Waals surface area contributed by atoms with Gasteiger partial charge in [-0.25, -0.2) is 4.39 Å². The number of hydrogen-bond acceptors (Lipinski definition) is 3. The molecule has 0 radical (unpaired) electrons. The molecule has 0 aliphatic rings. The summed E-state index contributed by atoms with van der Waals surface area (Å²) in [7, 11) is 0. The van der Waals surface area contributed by atoms with Crippen molar-refractivity contribution >= 4 is 11.6 Å². The molecule has 2 rings (SSSR count). The van der Waals surface area contributed by atoms with E-state index in [1.54, 1.807) is 30.3 Å². The summed E-state index contributed by atoms with van der Waals surface area (Å²) >= 11 is 0. The predicted octanol–water partition coefficient (Wildman–Crippen LogP) is 2.92. The average Bonchev–Trinajstić information content (AvgIpc) is 2.46. The van der Waals surface area contributed by atoms with E-state index in [1.165, 1.54) is 13.0 Å². The van der Waals surface area contributed by atoms with E-state index in [-0.39, 0.29) is 11.5 Å². The van der Waals surface area contributed by atoms with Crippen LogP contribution in [0.3, 0.4) is 0 Å². The monoisotopic (exact) mass is 257 g/mol. The third kappa shape index (κ3) is 2.91. The number of aromatic nitrogens is 1. The lowest BCUT2D eigenvalue weighted by Crippen LogP contribution is -2.22. The third-order valence-electron chi connectivity index (χ3n) is 2.82. The Labute approximate surface area is 110 Å². The molecule has 3 nitrogen and oxygen atoms in total. The second-order valence-electron chi connectivity index (χ2n) is 4.18. The fourth-order valence-corrected chi connectivity index (χ4v) is 1.71. The average molecular weight is 257 g/mol. The molecule has 96 valence electrons. The molecule has 0 saturated carbocycles. The first-order chi connectivity index (χ1) is 9.09. The van der Waals surface area contributed by atoms with Gasteiger partial charge in [-0.3, -0.25) is 14.6 Å². The highest BCUT2D eigenvalue weighted by molar-refractivity contribution is 6.15. The molecule has 1 aromatic carbocycles. The Hall–Kier alpha value is -2.36. The molecule has 1 heterocycles. The quantitative estimate of drug-likeness (QED) is 0.625. The molecule has 0 aliphatic carbocycles. The van der Waals surface area contributed by atoms with E-state index in [1.807, 2.05) is 0 Å². The van der Waals surface area contributed by atoms with Crippen molar-refractivity contribution in [3.8, 4) is 0 Å². The molecule has 2 aromatic rings. The van der Waals surface area contributed by atoms with Crippen molar-refractivity contribution in [1.82, 2.24) is 4.98 Å². The van der Waals surface area contributed by atoms with Crippen LogP contribution in [0.2, 0.25) is 0 Å². The minimum atomic E-state index is -0.833. The summed E-state index contributed by atoms with van der Waals surface area (Å²) in [5, 5.41) is 0. The lowest BCUT2D eigenvalue weighted by Gasteiger charge is -2.08. The highest BCUT2D eigenvalue weighted by Crippen LogP contribution is 2.13. The zero-order chi connectivity index (χ0) is 13.8. The van der Waals surface area contributed by atoms with Crippen LogP contribution in [0.4, 0.5) is 4.39 Å². The maximum Gasteiger partial charge on any atom is 0.191 e. The van der Waals surface area contributed by atoms with Crippen LogP contribution in [-0.2, 0) is 0 Å². The van der Waals surface area contributed by atoms with Gasteiger partial charge in [-0.05, 0) is 19.1 Å². The second kappa shape index (κ2) is 5.52. The number of ketones is 2. The van der Waals surface area contributed by atoms with Gasteiger partial charge in [0.1, 0.15) is 11.5 Å². The molecule has 0 saturated heterocycles. The molecule has 1 unspecified atom stereocenters. The largest absolute Gasteiger partial charge is 0.293 e. The predicted molar refractivity (Wildman–Crippen MR) is 68.5 cm³/mol. The maximum absolute atomic E-state index is 12.7. The van der Waals surface area contributed by atoms with Gasteiger partial charge in [0.25, 0.3) is 0 Å². The van der Waals surface area contributed by atoms with Crippen LogP contribution in [0.15, 0.2) is 48.7 Å². The highest BCUT2D eigenvalue weighted by atomic mass is 19.1. The number of carbonyl (C=O) groups is 2. The Morgan fingerprint density at radius 2 is 1.74 bits per heavy atom. The zero-order valence-corrected chi connectivity index (χ0v) is 10.3. The molecular formula is C15H12FNO2. The van der Waals surface area contributed by atoms with Crippen molar-refractivity contribution in [2.75, 3.05) is 0 Å². The van der Waals surface area contributed by atoms with Crippen LogP contribution >= 0.6 is 0 Å². The Balaban J connectivity index is 2.20. The summed E-state index contributed by atoms with van der Waals surface area (Å²) < 4.78 is 12.7. The third-order valence-corrected chi connectivity index (χ3v) is 2.82. The van der Waals surface area contributed by atoms with Gasteiger partial charge in [0, 0.05) is 5.56 Å². The van der Waals surface area contributed by atoms with E-state index in [2.05, 4.69) is 4.98 Å². The Morgan fingerprint density at radius 3 is 2.32 bits per heavy atom. The fourth-order valence-electron chi connectivity index (χ4n) is 1.71. The Kier molecular flexibility index (Phi) is 3.80. The first-order valence-electron chi connectivity index (χ1n) is 5.84. The number of rotatable bonds is 4. The summed E-state index contributed by atoms with van der Waals surface area (Å²) in [6.45, 7) is 1.53. The SMILES string of the molecule is CC(C(=O)c1ccccc1)C(=O)c1ccc(F)cn1. The van der Waals surface area contributed by atoms with E-state index in [4.69, 9.17) is 0 Å². The molecule has 4 heteroatoms. The van der Waals surface area contributed by atoms with Crippen molar-refractivity contribution < 1.29 is 14.0 Å². The molecule has 0 aliphatic heterocycles. The summed E-state index contributed by atoms with van der Waals surface area (Å²) in [6.07, 6.45) is 0.965. The lowest BCUT2D eigenvalue weighted by atomic mass is 9.94. The Morgan fingerprint density at radius 1 is 1.05 bits per heavy atom. The van der Waals surface area contributed by atoms with Gasteiger partial charge in [0.05, 0.1) is 12.1 Å². The Bertz CT molecular complexity index is 593. The summed E-state index contributed by atoms with van der Waals surface area (Å²) in [5.41, 5.74) is 0.573. The molecule has 0 amide bonds. The van der Waals surface area contributed by atoms with Gasteiger partial charge in [-0.2, -0.15) is 0 Å². The van der Waals surface area contributed by atoms with Gasteiger partial charge >= 0.3 is 0 Å². The van der Waals surface area contributed by atoms with Crippen LogP contribution in [-0.4, -0.2) is 16.6 Å². The van der Waals surface area contributed by atoms with Crippen LogP contribution in [0.1, 0.15) is 27.8 Å². The van der Waals surface area contributed by atoms with E-state index in [0.717, 1.165) is 12.3 Å². The van der Waals surface area contributed by atoms with Crippen LogP contribution in [0.5, 0.6) is 0 Å². The number of Topliss-reactive ketones (excluding diaryl/α,β-unsaturated/α-hetero) is 2. The number of carbonyl (C=O) groups excluding carboxylic acids is 2. The summed E-state index contributed by atoms with van der Waals surface area (Å²) in [5.74, 6) is -2.02. The van der Waals surface area contributed by atoms with E-state index in [9.17, 15) is 14.0 Å². The van der Waals surface area contributed by atoms with Crippen LogP contribution in [0.25, 0.3) is 0 Å². The van der Waals surface area contributed by atoms with Gasteiger partial charge in [-0.1, -0.05) is 30.3 Å². The lowest BCUT2D eigenvalue weighted by molar-refractivity contribution is 0.0817. The molecule has 1 atom stereocenters. The molecule has 0 N–H and O–H groups in total. The first-order valence-corrected chi connectivity index (χ1v) is 5.84. The standard InChI is InChI=1S/C15H12FNO2/c1-10(14(18)11-5-3-2-4-6-11)15(19)13-8-7-12(16)9-17-13/h2-10H,1H3. The van der Waals surface area contributed by atoms with Gasteiger partial charge in [0.15, 0.2) is 11.6 Å². The molecule has 1 aromatic heterocycles. The zero-order valence-electron chi connectivity index (χ0n) is 10.3. The molecule has 0 bridgehead atoms. The highest BCUT2D eigenvalue weighted by Gasteiger charge is 2.24. The molecule has 19 heavy (non-hydrogen) atoms. The number of pyridine rings is 1. The summed E-state index contributed by atoms with van der Waals surface area (Å²) in [4.78, 5) is 27.9. The molecular weight excluding hydrogens is 245 g/mol. The van der Waals surface area contributed by atoms with E-state index in [0.29, 0.717) is 5.56 Å². The van der Waals surface area contributed by atoms with E-state index < -0.39 is 17.5 Å². The van der Waals surface area contributed by atoms with Crippen molar-refractivity contribution in [3.63, 3.8) is 0 Å². The topological polar surface area (TPSA) is 47.0 Å². The van der Waals surface area contributed by atoms with Crippen molar-refractivity contribution in [1.29, 1.82) is 0 Å². The first kappa shape index (κ1) is 13.1. The van der Waals surface area contributed by atoms with Gasteiger partial charge in [0.2, 0.25) is 0 Å². The molecule has 0 spiro atoms. The van der Waals surface area contributed by atoms with Crippen molar-refractivity contribution in [2.45, 2.75) is 6.92 Å². The van der Waals surface area contributed by atoms with E-state index >= 15 is 0 Å². The van der Waals surface area contributed by atoms with Crippen LogP contribution < -0.4 is 0 Å². The number of benzene rings is 1. The van der Waals surface area contributed by atoms with Crippen molar-refractivity contribution in [2.24, 2.45) is 5.92 Å².